The molecule has 0 aliphatic rings. The van der Waals surface area contributed by atoms with Gasteiger partial charge in [0.15, 0.2) is 0 Å². The van der Waals surface area contributed by atoms with Crippen molar-refractivity contribution in [3.05, 3.63) is 23.8 Å². The molecule has 0 saturated carbocycles. The van der Waals surface area contributed by atoms with Crippen LogP contribution in [0.15, 0.2) is 23.1 Å². The zero-order valence-corrected chi connectivity index (χ0v) is 11.4. The molecule has 90 valence electrons. The molecule has 1 rings (SSSR count). The largest absolute Gasteiger partial charge is 0.496 e. The molecule has 16 heavy (non-hydrogen) atoms. The van der Waals surface area contributed by atoms with Crippen molar-refractivity contribution in [3.8, 4) is 5.75 Å². The molecule has 2 N–H and O–H groups in total. The van der Waals surface area contributed by atoms with Crippen LogP contribution in [0, 0.1) is 12.3 Å². The number of thioether (sulfide) groups is 1. The number of methoxy groups -OCH3 is 1. The molecule has 0 unspecified atom stereocenters. The number of benzene rings is 1. The van der Waals surface area contributed by atoms with E-state index in [0.29, 0.717) is 6.54 Å². The van der Waals surface area contributed by atoms with Crippen LogP contribution in [0.5, 0.6) is 5.75 Å². The summed E-state index contributed by atoms with van der Waals surface area (Å²) in [5, 5.41) is 0. The van der Waals surface area contributed by atoms with E-state index in [9.17, 15) is 0 Å². The fourth-order valence-electron chi connectivity index (χ4n) is 1.23. The van der Waals surface area contributed by atoms with Crippen molar-refractivity contribution in [2.45, 2.75) is 25.7 Å². The van der Waals surface area contributed by atoms with Crippen LogP contribution in [0.4, 0.5) is 0 Å². The Labute approximate surface area is 103 Å². The van der Waals surface area contributed by atoms with Crippen molar-refractivity contribution >= 4 is 11.8 Å². The first-order chi connectivity index (χ1) is 7.48. The Balaban J connectivity index is 2.76. The Morgan fingerprint density at radius 1 is 1.38 bits per heavy atom. The monoisotopic (exact) mass is 239 g/mol. The highest BCUT2D eigenvalue weighted by atomic mass is 32.2. The van der Waals surface area contributed by atoms with Crippen molar-refractivity contribution < 1.29 is 4.74 Å². The lowest BCUT2D eigenvalue weighted by atomic mass is 9.97. The molecule has 0 aromatic heterocycles. The maximum Gasteiger partial charge on any atom is 0.132 e. The number of aryl methyl sites for hydroxylation is 1. The Morgan fingerprint density at radius 2 is 2.06 bits per heavy atom. The molecule has 0 radical (unpaired) electrons. The minimum atomic E-state index is 0.166. The van der Waals surface area contributed by atoms with Crippen molar-refractivity contribution in [1.82, 2.24) is 0 Å². The van der Waals surface area contributed by atoms with Gasteiger partial charge in [0, 0.05) is 10.6 Å². The van der Waals surface area contributed by atoms with E-state index in [-0.39, 0.29) is 5.41 Å². The highest BCUT2D eigenvalue weighted by molar-refractivity contribution is 7.99. The zero-order valence-electron chi connectivity index (χ0n) is 10.5. The van der Waals surface area contributed by atoms with Gasteiger partial charge in [0.25, 0.3) is 0 Å². The Kier molecular flexibility index (Phi) is 4.69. The Morgan fingerprint density at radius 3 is 2.62 bits per heavy atom. The summed E-state index contributed by atoms with van der Waals surface area (Å²) in [4.78, 5) is 1.20. The molecule has 0 saturated heterocycles. The van der Waals surface area contributed by atoms with Gasteiger partial charge in [0.2, 0.25) is 0 Å². The van der Waals surface area contributed by atoms with Crippen LogP contribution in [0.3, 0.4) is 0 Å². The molecule has 0 atom stereocenters. The first-order valence-corrected chi connectivity index (χ1v) is 6.44. The SMILES string of the molecule is COc1ccc(C)cc1SCC(C)(C)CN. The Bertz CT molecular complexity index is 350. The van der Waals surface area contributed by atoms with E-state index in [1.807, 2.05) is 17.8 Å². The average Bonchev–Trinajstić information content (AvgIpc) is 2.27. The summed E-state index contributed by atoms with van der Waals surface area (Å²) in [6.07, 6.45) is 0. The maximum absolute atomic E-state index is 5.73. The van der Waals surface area contributed by atoms with Crippen molar-refractivity contribution in [3.63, 3.8) is 0 Å². The van der Waals surface area contributed by atoms with E-state index in [1.165, 1.54) is 10.5 Å². The first kappa shape index (κ1) is 13.4. The summed E-state index contributed by atoms with van der Waals surface area (Å²) < 4.78 is 5.35. The van der Waals surface area contributed by atoms with Gasteiger partial charge < -0.3 is 10.5 Å². The van der Waals surface area contributed by atoms with Crippen molar-refractivity contribution in [1.29, 1.82) is 0 Å². The number of nitrogens with two attached hydrogens (primary N) is 1. The molecule has 1 aromatic carbocycles. The summed E-state index contributed by atoms with van der Waals surface area (Å²) in [6, 6.07) is 6.25. The van der Waals surface area contributed by atoms with Crippen molar-refractivity contribution in [2.24, 2.45) is 11.1 Å². The lowest BCUT2D eigenvalue weighted by molar-refractivity contribution is 0.404. The zero-order chi connectivity index (χ0) is 12.2. The van der Waals surface area contributed by atoms with Gasteiger partial charge in [0.1, 0.15) is 5.75 Å². The minimum Gasteiger partial charge on any atom is -0.496 e. The average molecular weight is 239 g/mol. The van der Waals surface area contributed by atoms with E-state index < -0.39 is 0 Å². The van der Waals surface area contributed by atoms with E-state index in [4.69, 9.17) is 10.5 Å². The van der Waals surface area contributed by atoms with E-state index in [1.54, 1.807) is 7.11 Å². The van der Waals surface area contributed by atoms with Gasteiger partial charge in [-0.15, -0.1) is 11.8 Å². The Hall–Kier alpha value is -0.670. The van der Waals surface area contributed by atoms with E-state index in [2.05, 4.69) is 32.9 Å². The van der Waals surface area contributed by atoms with Crippen LogP contribution >= 0.6 is 11.8 Å². The highest BCUT2D eigenvalue weighted by Gasteiger charge is 2.17. The molecular weight excluding hydrogens is 218 g/mol. The van der Waals surface area contributed by atoms with Crippen LogP contribution in [0.25, 0.3) is 0 Å². The van der Waals surface area contributed by atoms with Gasteiger partial charge in [-0.2, -0.15) is 0 Å². The number of rotatable bonds is 5. The van der Waals surface area contributed by atoms with E-state index in [0.717, 1.165) is 11.5 Å². The summed E-state index contributed by atoms with van der Waals surface area (Å²) in [5.41, 5.74) is 7.15. The molecule has 0 amide bonds. The molecule has 0 fully saturated rings. The minimum absolute atomic E-state index is 0.166. The standard InChI is InChI=1S/C13H21NOS/c1-10-5-6-11(15-4)12(7-10)16-9-13(2,3)8-14/h5-7H,8-9,14H2,1-4H3. The van der Waals surface area contributed by atoms with Crippen LogP contribution in [0.1, 0.15) is 19.4 Å². The third-order valence-electron chi connectivity index (χ3n) is 2.49. The molecule has 1 aromatic rings. The van der Waals surface area contributed by atoms with Gasteiger partial charge in [0.05, 0.1) is 7.11 Å². The normalized spacial score (nSPS) is 11.6. The summed E-state index contributed by atoms with van der Waals surface area (Å²) >= 11 is 1.81. The second-order valence-corrected chi connectivity index (χ2v) is 5.83. The predicted molar refractivity (Wildman–Crippen MR) is 71.3 cm³/mol. The third-order valence-corrected chi connectivity index (χ3v) is 4.05. The van der Waals surface area contributed by atoms with E-state index >= 15 is 0 Å². The number of ether oxygens (including phenoxy) is 1. The van der Waals surface area contributed by atoms with Crippen LogP contribution in [-0.4, -0.2) is 19.4 Å². The second kappa shape index (κ2) is 5.60. The lowest BCUT2D eigenvalue weighted by Crippen LogP contribution is -2.25. The smallest absolute Gasteiger partial charge is 0.132 e. The fraction of sp³-hybridized carbons (Fsp3) is 0.538. The topological polar surface area (TPSA) is 35.2 Å². The molecular formula is C13H21NOS. The van der Waals surface area contributed by atoms with Crippen LogP contribution in [-0.2, 0) is 0 Å². The highest BCUT2D eigenvalue weighted by Crippen LogP contribution is 2.33. The predicted octanol–water partition coefficient (Wildman–Crippen LogP) is 3.08. The molecule has 2 nitrogen and oxygen atoms in total. The summed E-state index contributed by atoms with van der Waals surface area (Å²) in [7, 11) is 1.71. The molecule has 3 heteroatoms. The molecule has 0 spiro atoms. The van der Waals surface area contributed by atoms with Crippen molar-refractivity contribution in [2.75, 3.05) is 19.4 Å². The fourth-order valence-corrected chi connectivity index (χ4v) is 2.46. The van der Waals surface area contributed by atoms with Gasteiger partial charge >= 0.3 is 0 Å². The molecule has 0 aliphatic carbocycles. The van der Waals surface area contributed by atoms with Crippen LogP contribution < -0.4 is 10.5 Å². The first-order valence-electron chi connectivity index (χ1n) is 5.46. The molecule has 0 heterocycles. The second-order valence-electron chi connectivity index (χ2n) is 4.81. The van der Waals surface area contributed by atoms with Gasteiger partial charge in [-0.3, -0.25) is 0 Å². The quantitative estimate of drug-likeness (QED) is 0.802. The molecule has 0 aliphatic heterocycles. The van der Waals surface area contributed by atoms with Gasteiger partial charge in [-0.25, -0.2) is 0 Å². The van der Waals surface area contributed by atoms with Gasteiger partial charge in [-0.1, -0.05) is 19.9 Å². The third kappa shape index (κ3) is 3.72. The molecule has 0 bridgehead atoms. The number of hydrogen-bond donors (Lipinski definition) is 1. The maximum atomic E-state index is 5.73. The van der Waals surface area contributed by atoms with Crippen LogP contribution in [0.2, 0.25) is 0 Å². The summed E-state index contributed by atoms with van der Waals surface area (Å²) in [6.45, 7) is 7.16. The lowest BCUT2D eigenvalue weighted by Gasteiger charge is -2.22. The van der Waals surface area contributed by atoms with Gasteiger partial charge in [-0.05, 0) is 36.6 Å². The summed E-state index contributed by atoms with van der Waals surface area (Å²) in [5.74, 6) is 1.95. The number of hydrogen-bond acceptors (Lipinski definition) is 3.